The van der Waals surface area contributed by atoms with E-state index in [0.29, 0.717) is 11.9 Å². The zero-order valence-electron chi connectivity index (χ0n) is 12.4. The Morgan fingerprint density at radius 3 is 2.53 bits per heavy atom. The van der Waals surface area contributed by atoms with E-state index in [9.17, 15) is 4.79 Å². The van der Waals surface area contributed by atoms with E-state index in [0.717, 1.165) is 25.8 Å². The Bertz CT molecular complexity index is 292. The van der Waals surface area contributed by atoms with Crippen molar-refractivity contribution in [1.29, 1.82) is 0 Å². The van der Waals surface area contributed by atoms with E-state index in [-0.39, 0.29) is 12.0 Å². The van der Waals surface area contributed by atoms with Gasteiger partial charge >= 0.3 is 0 Å². The van der Waals surface area contributed by atoms with Crippen LogP contribution in [0.2, 0.25) is 0 Å². The zero-order chi connectivity index (χ0) is 13.7. The number of rotatable bonds is 2. The predicted molar refractivity (Wildman–Crippen MR) is 78.8 cm³/mol. The van der Waals surface area contributed by atoms with Crippen LogP contribution in [-0.4, -0.2) is 29.4 Å². The Morgan fingerprint density at radius 1 is 1.05 bits per heavy atom. The quantitative estimate of drug-likeness (QED) is 0.781. The van der Waals surface area contributed by atoms with Crippen molar-refractivity contribution in [3.05, 3.63) is 0 Å². The maximum atomic E-state index is 12.9. The second-order valence-electron chi connectivity index (χ2n) is 6.35. The Balaban J connectivity index is 2.06. The van der Waals surface area contributed by atoms with Crippen LogP contribution in [0, 0.1) is 5.92 Å². The molecule has 3 atom stereocenters. The molecule has 3 heteroatoms. The van der Waals surface area contributed by atoms with Gasteiger partial charge < -0.3 is 10.6 Å². The van der Waals surface area contributed by atoms with Crippen molar-refractivity contribution < 1.29 is 4.79 Å². The SMILES string of the molecule is CCC1CCCCCN1C(=O)C1CCCCCC1N. The molecule has 110 valence electrons. The van der Waals surface area contributed by atoms with Crippen LogP contribution in [0.25, 0.3) is 0 Å². The van der Waals surface area contributed by atoms with Gasteiger partial charge in [0.05, 0.1) is 5.92 Å². The number of carbonyl (C=O) groups excluding carboxylic acids is 1. The van der Waals surface area contributed by atoms with Gasteiger partial charge in [0.1, 0.15) is 0 Å². The number of hydrogen-bond acceptors (Lipinski definition) is 2. The van der Waals surface area contributed by atoms with Gasteiger partial charge in [0.15, 0.2) is 0 Å². The van der Waals surface area contributed by atoms with Gasteiger partial charge in [-0.15, -0.1) is 0 Å². The third kappa shape index (κ3) is 3.71. The molecule has 0 aromatic rings. The number of amides is 1. The topological polar surface area (TPSA) is 46.3 Å². The van der Waals surface area contributed by atoms with E-state index in [1.165, 1.54) is 44.9 Å². The van der Waals surface area contributed by atoms with Crippen LogP contribution in [0.3, 0.4) is 0 Å². The first-order valence-corrected chi connectivity index (χ1v) is 8.30. The Hall–Kier alpha value is -0.570. The van der Waals surface area contributed by atoms with Crippen LogP contribution < -0.4 is 5.73 Å². The van der Waals surface area contributed by atoms with Crippen LogP contribution >= 0.6 is 0 Å². The van der Waals surface area contributed by atoms with Crippen molar-refractivity contribution in [3.63, 3.8) is 0 Å². The van der Waals surface area contributed by atoms with Crippen LogP contribution in [0.5, 0.6) is 0 Å². The largest absolute Gasteiger partial charge is 0.339 e. The standard InChI is InChI=1S/C16H30N2O/c1-2-13-9-5-4-8-12-18(13)16(19)14-10-6-3-7-11-15(14)17/h13-15H,2-12,17H2,1H3. The fourth-order valence-electron chi connectivity index (χ4n) is 3.75. The summed E-state index contributed by atoms with van der Waals surface area (Å²) < 4.78 is 0. The number of nitrogens with two attached hydrogens (primary N) is 1. The lowest BCUT2D eigenvalue weighted by Crippen LogP contribution is -2.47. The first-order chi connectivity index (χ1) is 9.24. The third-order valence-corrected chi connectivity index (χ3v) is 5.02. The highest BCUT2D eigenvalue weighted by Gasteiger charge is 2.33. The molecule has 0 aromatic carbocycles. The zero-order valence-corrected chi connectivity index (χ0v) is 12.4. The number of likely N-dealkylation sites (tertiary alicyclic amines) is 1. The minimum atomic E-state index is 0.0923. The predicted octanol–water partition coefficient (Wildman–Crippen LogP) is 3.08. The molecule has 3 unspecified atom stereocenters. The third-order valence-electron chi connectivity index (χ3n) is 5.02. The molecule has 0 aromatic heterocycles. The first-order valence-electron chi connectivity index (χ1n) is 8.30. The van der Waals surface area contributed by atoms with E-state index < -0.39 is 0 Å². The molecule has 1 saturated carbocycles. The van der Waals surface area contributed by atoms with Gasteiger partial charge in [0.25, 0.3) is 0 Å². The molecule has 0 spiro atoms. The normalized spacial score (nSPS) is 33.6. The highest BCUT2D eigenvalue weighted by atomic mass is 16.2. The van der Waals surface area contributed by atoms with E-state index in [1.807, 2.05) is 0 Å². The summed E-state index contributed by atoms with van der Waals surface area (Å²) in [6.07, 6.45) is 11.7. The molecule has 19 heavy (non-hydrogen) atoms. The van der Waals surface area contributed by atoms with E-state index in [4.69, 9.17) is 5.73 Å². The molecule has 1 aliphatic heterocycles. The summed E-state index contributed by atoms with van der Waals surface area (Å²) in [5, 5.41) is 0. The second-order valence-corrected chi connectivity index (χ2v) is 6.35. The van der Waals surface area contributed by atoms with E-state index in [1.54, 1.807) is 0 Å². The van der Waals surface area contributed by atoms with Crippen LogP contribution in [0.1, 0.15) is 71.1 Å². The maximum Gasteiger partial charge on any atom is 0.227 e. The smallest absolute Gasteiger partial charge is 0.227 e. The second kappa shape index (κ2) is 7.28. The summed E-state index contributed by atoms with van der Waals surface area (Å²) in [4.78, 5) is 15.1. The van der Waals surface area contributed by atoms with E-state index in [2.05, 4.69) is 11.8 Å². The van der Waals surface area contributed by atoms with Gasteiger partial charge in [-0.25, -0.2) is 0 Å². The summed E-state index contributed by atoms with van der Waals surface area (Å²) in [6.45, 7) is 3.17. The monoisotopic (exact) mass is 266 g/mol. The molecule has 2 N–H and O–H groups in total. The lowest BCUT2D eigenvalue weighted by Gasteiger charge is -2.34. The molecule has 0 bridgehead atoms. The minimum Gasteiger partial charge on any atom is -0.339 e. The van der Waals surface area contributed by atoms with Gasteiger partial charge in [-0.3, -0.25) is 4.79 Å². The van der Waals surface area contributed by atoms with Gasteiger partial charge in [0, 0.05) is 18.6 Å². The minimum absolute atomic E-state index is 0.0923. The summed E-state index contributed by atoms with van der Waals surface area (Å²) in [6, 6.07) is 0.557. The summed E-state index contributed by atoms with van der Waals surface area (Å²) in [5.74, 6) is 0.456. The highest BCUT2D eigenvalue weighted by Crippen LogP contribution is 2.27. The molecule has 1 heterocycles. The van der Waals surface area contributed by atoms with Crippen molar-refractivity contribution in [3.8, 4) is 0 Å². The van der Waals surface area contributed by atoms with Crippen molar-refractivity contribution >= 4 is 5.91 Å². The summed E-state index contributed by atoms with van der Waals surface area (Å²) >= 11 is 0. The Kier molecular flexibility index (Phi) is 5.68. The molecule has 2 rings (SSSR count). The van der Waals surface area contributed by atoms with Gasteiger partial charge in [-0.05, 0) is 32.1 Å². The molecule has 0 radical (unpaired) electrons. The number of nitrogens with zero attached hydrogens (tertiary/aromatic N) is 1. The Labute approximate surface area is 117 Å². The average Bonchev–Trinajstić information content (AvgIpc) is 2.77. The summed E-state index contributed by atoms with van der Waals surface area (Å²) in [7, 11) is 0. The van der Waals surface area contributed by atoms with Gasteiger partial charge in [0.2, 0.25) is 5.91 Å². The Morgan fingerprint density at radius 2 is 1.74 bits per heavy atom. The molecule has 1 aliphatic carbocycles. The maximum absolute atomic E-state index is 12.9. The van der Waals surface area contributed by atoms with Gasteiger partial charge in [-0.1, -0.05) is 39.0 Å². The van der Waals surface area contributed by atoms with Crippen LogP contribution in [0.15, 0.2) is 0 Å². The number of carbonyl (C=O) groups is 1. The first kappa shape index (κ1) is 14.8. The highest BCUT2D eigenvalue weighted by molar-refractivity contribution is 5.80. The summed E-state index contributed by atoms with van der Waals surface area (Å²) in [5.41, 5.74) is 6.27. The van der Waals surface area contributed by atoms with Crippen molar-refractivity contribution in [1.82, 2.24) is 4.90 Å². The lowest BCUT2D eigenvalue weighted by atomic mass is 9.93. The molecular formula is C16H30N2O. The molecular weight excluding hydrogens is 236 g/mol. The number of hydrogen-bond donors (Lipinski definition) is 1. The molecule has 1 amide bonds. The molecule has 2 fully saturated rings. The van der Waals surface area contributed by atoms with Crippen LogP contribution in [-0.2, 0) is 4.79 Å². The van der Waals surface area contributed by atoms with Crippen molar-refractivity contribution in [2.45, 2.75) is 83.2 Å². The average molecular weight is 266 g/mol. The fourth-order valence-corrected chi connectivity index (χ4v) is 3.75. The lowest BCUT2D eigenvalue weighted by molar-refractivity contribution is -0.138. The van der Waals surface area contributed by atoms with Gasteiger partial charge in [-0.2, -0.15) is 0 Å². The van der Waals surface area contributed by atoms with Crippen molar-refractivity contribution in [2.75, 3.05) is 6.54 Å². The van der Waals surface area contributed by atoms with Crippen LogP contribution in [0.4, 0.5) is 0 Å². The molecule has 3 nitrogen and oxygen atoms in total. The van der Waals surface area contributed by atoms with Crippen molar-refractivity contribution in [2.24, 2.45) is 11.7 Å². The molecule has 1 saturated heterocycles. The molecule has 2 aliphatic rings. The van der Waals surface area contributed by atoms with E-state index >= 15 is 0 Å². The fraction of sp³-hybridized carbons (Fsp3) is 0.938.